The Morgan fingerprint density at radius 1 is 1.32 bits per heavy atom. The summed E-state index contributed by atoms with van der Waals surface area (Å²) in [6.07, 6.45) is 0.662. The molecule has 1 aliphatic rings. The van der Waals surface area contributed by atoms with E-state index in [1.807, 2.05) is 13.8 Å². The van der Waals surface area contributed by atoms with Crippen molar-refractivity contribution in [2.24, 2.45) is 4.99 Å². The second kappa shape index (κ2) is 8.11. The van der Waals surface area contributed by atoms with Gasteiger partial charge >= 0.3 is 0 Å². The van der Waals surface area contributed by atoms with Gasteiger partial charge in [-0.1, -0.05) is 6.07 Å². The van der Waals surface area contributed by atoms with Crippen LogP contribution in [0.3, 0.4) is 0 Å². The van der Waals surface area contributed by atoms with Gasteiger partial charge in [0, 0.05) is 24.6 Å². The summed E-state index contributed by atoms with van der Waals surface area (Å²) >= 11 is 0. The highest BCUT2D eigenvalue weighted by molar-refractivity contribution is 14.0. The van der Waals surface area contributed by atoms with Crippen molar-refractivity contribution in [1.82, 2.24) is 15.6 Å². The zero-order valence-electron chi connectivity index (χ0n) is 14.3. The quantitative estimate of drug-likeness (QED) is 0.416. The number of halogens is 3. The van der Waals surface area contributed by atoms with E-state index >= 15 is 0 Å². The van der Waals surface area contributed by atoms with E-state index in [-0.39, 0.29) is 41.5 Å². The van der Waals surface area contributed by atoms with Crippen LogP contribution in [0.1, 0.15) is 35.2 Å². The van der Waals surface area contributed by atoms with E-state index in [9.17, 15) is 8.78 Å². The van der Waals surface area contributed by atoms with Gasteiger partial charge in [0.1, 0.15) is 17.4 Å². The lowest BCUT2D eigenvalue weighted by Gasteiger charge is -2.11. The van der Waals surface area contributed by atoms with E-state index in [2.05, 4.69) is 20.6 Å². The second-order valence-electron chi connectivity index (χ2n) is 5.90. The molecular formula is C17H21F2IN4O. The Kier molecular flexibility index (Phi) is 6.36. The summed E-state index contributed by atoms with van der Waals surface area (Å²) in [5.41, 5.74) is 0.997. The van der Waals surface area contributed by atoms with Crippen molar-refractivity contribution in [3.05, 3.63) is 52.7 Å². The first-order chi connectivity index (χ1) is 11.5. The number of benzene rings is 1. The topological polar surface area (TPSA) is 62.5 Å². The minimum Gasteiger partial charge on any atom is -0.444 e. The molecule has 0 spiro atoms. The number of hydrogen-bond donors (Lipinski definition) is 2. The van der Waals surface area contributed by atoms with Crippen LogP contribution in [0.4, 0.5) is 8.78 Å². The summed E-state index contributed by atoms with van der Waals surface area (Å²) in [6, 6.07) is 3.90. The summed E-state index contributed by atoms with van der Waals surface area (Å²) in [7, 11) is 1.64. The third kappa shape index (κ3) is 4.47. The molecule has 1 fully saturated rings. The van der Waals surface area contributed by atoms with E-state index < -0.39 is 11.6 Å². The Morgan fingerprint density at radius 2 is 2.00 bits per heavy atom. The summed E-state index contributed by atoms with van der Waals surface area (Å²) in [5, 5.41) is 6.27. The SMILES string of the molecule is CN=C(NCc1nc(C)c(C)o1)NC1CC1c1c(F)cccc1F.I. The maximum atomic E-state index is 13.8. The molecule has 0 aliphatic heterocycles. The smallest absolute Gasteiger partial charge is 0.214 e. The van der Waals surface area contributed by atoms with Gasteiger partial charge in [-0.25, -0.2) is 13.8 Å². The summed E-state index contributed by atoms with van der Waals surface area (Å²) in [6.45, 7) is 4.13. The molecule has 25 heavy (non-hydrogen) atoms. The van der Waals surface area contributed by atoms with Gasteiger partial charge in [-0.05, 0) is 32.4 Å². The molecule has 0 bridgehead atoms. The number of aliphatic imine (C=N–C) groups is 1. The zero-order chi connectivity index (χ0) is 17.3. The van der Waals surface area contributed by atoms with Crippen LogP contribution >= 0.6 is 24.0 Å². The van der Waals surface area contributed by atoms with Crippen molar-refractivity contribution in [1.29, 1.82) is 0 Å². The molecule has 1 aliphatic carbocycles. The predicted octanol–water partition coefficient (Wildman–Crippen LogP) is 3.41. The third-order valence-electron chi connectivity index (χ3n) is 4.19. The fourth-order valence-electron chi connectivity index (χ4n) is 2.68. The molecule has 1 saturated carbocycles. The highest BCUT2D eigenvalue weighted by atomic mass is 127. The average molecular weight is 462 g/mol. The number of aromatic nitrogens is 1. The van der Waals surface area contributed by atoms with E-state index in [0.29, 0.717) is 24.8 Å². The second-order valence-corrected chi connectivity index (χ2v) is 5.90. The van der Waals surface area contributed by atoms with Gasteiger partial charge < -0.3 is 15.1 Å². The van der Waals surface area contributed by atoms with Crippen LogP contribution in [0, 0.1) is 25.5 Å². The molecular weight excluding hydrogens is 441 g/mol. The van der Waals surface area contributed by atoms with Gasteiger partial charge in [0.2, 0.25) is 5.89 Å². The minimum atomic E-state index is -0.502. The number of nitrogens with one attached hydrogen (secondary N) is 2. The molecule has 3 rings (SSSR count). The first-order valence-electron chi connectivity index (χ1n) is 7.83. The van der Waals surface area contributed by atoms with Crippen LogP contribution in [-0.4, -0.2) is 24.0 Å². The van der Waals surface area contributed by atoms with E-state index in [1.165, 1.54) is 18.2 Å². The van der Waals surface area contributed by atoms with Crippen molar-refractivity contribution in [3.63, 3.8) is 0 Å². The summed E-state index contributed by atoms with van der Waals surface area (Å²) < 4.78 is 33.1. The number of oxazole rings is 1. The first-order valence-corrected chi connectivity index (χ1v) is 7.83. The molecule has 1 aromatic carbocycles. The van der Waals surface area contributed by atoms with Crippen LogP contribution < -0.4 is 10.6 Å². The van der Waals surface area contributed by atoms with Crippen LogP contribution in [-0.2, 0) is 6.54 Å². The van der Waals surface area contributed by atoms with Crippen molar-refractivity contribution in [3.8, 4) is 0 Å². The van der Waals surface area contributed by atoms with Gasteiger partial charge in [-0.2, -0.15) is 0 Å². The molecule has 2 aromatic rings. The largest absolute Gasteiger partial charge is 0.444 e. The fraction of sp³-hybridized carbons (Fsp3) is 0.412. The maximum Gasteiger partial charge on any atom is 0.214 e. The predicted molar refractivity (Wildman–Crippen MR) is 102 cm³/mol. The molecule has 2 N–H and O–H groups in total. The Hall–Kier alpha value is -1.71. The van der Waals surface area contributed by atoms with Gasteiger partial charge in [0.05, 0.1) is 12.2 Å². The highest BCUT2D eigenvalue weighted by Crippen LogP contribution is 2.43. The first kappa shape index (κ1) is 19.6. The van der Waals surface area contributed by atoms with Crippen molar-refractivity contribution in [2.45, 2.75) is 38.8 Å². The van der Waals surface area contributed by atoms with Gasteiger partial charge in [0.25, 0.3) is 0 Å². The maximum absolute atomic E-state index is 13.8. The Labute approximate surface area is 162 Å². The Morgan fingerprint density at radius 3 is 2.56 bits per heavy atom. The molecule has 8 heteroatoms. The van der Waals surface area contributed by atoms with E-state index in [4.69, 9.17) is 4.42 Å². The molecule has 136 valence electrons. The lowest BCUT2D eigenvalue weighted by Crippen LogP contribution is -2.38. The fourth-order valence-corrected chi connectivity index (χ4v) is 2.68. The number of aryl methyl sites for hydroxylation is 2. The van der Waals surface area contributed by atoms with Crippen molar-refractivity contribution >= 4 is 29.9 Å². The Bertz CT molecular complexity index is 738. The lowest BCUT2D eigenvalue weighted by molar-refractivity contribution is 0.463. The van der Waals surface area contributed by atoms with Gasteiger partial charge in [-0.3, -0.25) is 4.99 Å². The van der Waals surface area contributed by atoms with Crippen LogP contribution in [0.25, 0.3) is 0 Å². The highest BCUT2D eigenvalue weighted by Gasteiger charge is 2.42. The summed E-state index contributed by atoms with van der Waals surface area (Å²) in [5.74, 6) is 0.715. The van der Waals surface area contributed by atoms with E-state index in [0.717, 1.165) is 11.5 Å². The number of hydrogen-bond acceptors (Lipinski definition) is 3. The lowest BCUT2D eigenvalue weighted by atomic mass is 10.1. The molecule has 0 radical (unpaired) electrons. The van der Waals surface area contributed by atoms with Crippen molar-refractivity contribution in [2.75, 3.05) is 7.05 Å². The van der Waals surface area contributed by atoms with Crippen molar-refractivity contribution < 1.29 is 13.2 Å². The normalized spacial score (nSPS) is 19.3. The molecule has 2 atom stereocenters. The molecule has 2 unspecified atom stereocenters. The number of guanidine groups is 1. The average Bonchev–Trinajstić information content (AvgIpc) is 3.21. The molecule has 0 amide bonds. The van der Waals surface area contributed by atoms with Crippen LogP contribution in [0.2, 0.25) is 0 Å². The molecule has 1 aromatic heterocycles. The van der Waals surface area contributed by atoms with Crippen LogP contribution in [0.15, 0.2) is 27.6 Å². The molecule has 5 nitrogen and oxygen atoms in total. The van der Waals surface area contributed by atoms with Gasteiger partial charge in [0.15, 0.2) is 5.96 Å². The summed E-state index contributed by atoms with van der Waals surface area (Å²) in [4.78, 5) is 8.41. The zero-order valence-corrected chi connectivity index (χ0v) is 16.6. The Balaban J connectivity index is 0.00000225. The third-order valence-corrected chi connectivity index (χ3v) is 4.19. The standard InChI is InChI=1S/C17H20F2N4O.HI/c1-9-10(2)24-15(22-9)8-21-17(20-3)23-14-7-11(14)16-12(18)5-4-6-13(16)19;/h4-6,11,14H,7-8H2,1-3H3,(H2,20,21,23);1H. The van der Waals surface area contributed by atoms with E-state index in [1.54, 1.807) is 7.05 Å². The minimum absolute atomic E-state index is 0. The molecule has 0 saturated heterocycles. The monoisotopic (exact) mass is 462 g/mol. The number of nitrogens with zero attached hydrogens (tertiary/aromatic N) is 2. The van der Waals surface area contributed by atoms with Gasteiger partial charge in [-0.15, -0.1) is 24.0 Å². The number of rotatable bonds is 4. The molecule has 1 heterocycles. The van der Waals surface area contributed by atoms with Crippen LogP contribution in [0.5, 0.6) is 0 Å².